The number of hydrogen-bond donors (Lipinski definition) is 0. The lowest BCUT2D eigenvalue weighted by molar-refractivity contribution is 0.0664. The Kier molecular flexibility index (Phi) is 6.20. The minimum absolute atomic E-state index is 0.231. The predicted octanol–water partition coefficient (Wildman–Crippen LogP) is 6.03. The van der Waals surface area contributed by atoms with Gasteiger partial charge in [0.2, 0.25) is 0 Å². The zero-order valence-corrected chi connectivity index (χ0v) is 23.9. The van der Waals surface area contributed by atoms with Crippen LogP contribution in [0.3, 0.4) is 0 Å². The van der Waals surface area contributed by atoms with Gasteiger partial charge >= 0.3 is 0 Å². The monoisotopic (exact) mass is 571 g/mol. The highest BCUT2D eigenvalue weighted by Gasteiger charge is 2.72. The Morgan fingerprint density at radius 2 is 1.42 bits per heavy atom. The average molecular weight is 572 g/mol. The second-order valence-corrected chi connectivity index (χ2v) is 11.0. The van der Waals surface area contributed by atoms with Crippen LogP contribution < -0.4 is 19.1 Å². The molecule has 0 amide bonds. The van der Waals surface area contributed by atoms with Crippen LogP contribution in [0, 0.1) is 5.41 Å². The summed E-state index contributed by atoms with van der Waals surface area (Å²) in [5.41, 5.74) is 1.78. The lowest BCUT2D eigenvalue weighted by atomic mass is 9.64. The summed E-state index contributed by atoms with van der Waals surface area (Å²) < 4.78 is 16.8. The van der Waals surface area contributed by atoms with Crippen molar-refractivity contribution in [2.75, 3.05) is 26.2 Å². The van der Waals surface area contributed by atoms with E-state index in [1.807, 2.05) is 47.4 Å². The molecule has 43 heavy (non-hydrogen) atoms. The first-order valence-corrected chi connectivity index (χ1v) is 14.1. The van der Waals surface area contributed by atoms with E-state index in [9.17, 15) is 14.4 Å². The highest BCUT2D eigenvalue weighted by molar-refractivity contribution is 6.32. The lowest BCUT2D eigenvalue weighted by Crippen LogP contribution is -2.48. The van der Waals surface area contributed by atoms with Gasteiger partial charge in [-0.05, 0) is 29.8 Å². The number of fused-ring (bicyclic) bond motifs is 5. The fourth-order valence-corrected chi connectivity index (χ4v) is 7.28. The van der Waals surface area contributed by atoms with Crippen molar-refractivity contribution >= 4 is 29.1 Å². The topological polar surface area (TPSA) is 82.1 Å². The molecule has 7 heteroatoms. The van der Waals surface area contributed by atoms with Crippen molar-refractivity contribution in [2.24, 2.45) is 5.41 Å². The molecular weight excluding hydrogens is 542 g/mol. The molecule has 7 nitrogen and oxygen atoms in total. The molecular formula is C36H29NO6. The third-order valence-corrected chi connectivity index (χ3v) is 9.11. The summed E-state index contributed by atoms with van der Waals surface area (Å²) in [7, 11) is 4.64. The largest absolute Gasteiger partial charge is 0.497 e. The summed E-state index contributed by atoms with van der Waals surface area (Å²) in [4.78, 5) is 46.5. The quantitative estimate of drug-likeness (QED) is 0.207. The summed E-state index contributed by atoms with van der Waals surface area (Å²) >= 11 is 0. The van der Waals surface area contributed by atoms with Crippen molar-refractivity contribution in [3.63, 3.8) is 0 Å². The van der Waals surface area contributed by atoms with E-state index in [0.29, 0.717) is 39.5 Å². The minimum atomic E-state index is -1.63. The molecule has 4 aromatic rings. The fraction of sp³-hybridized carbons (Fsp3) is 0.194. The van der Waals surface area contributed by atoms with Gasteiger partial charge in [-0.3, -0.25) is 14.4 Å². The van der Waals surface area contributed by atoms with Crippen LogP contribution in [0.5, 0.6) is 17.2 Å². The Morgan fingerprint density at radius 1 is 0.744 bits per heavy atom. The predicted molar refractivity (Wildman–Crippen MR) is 163 cm³/mol. The van der Waals surface area contributed by atoms with E-state index in [1.165, 1.54) is 7.11 Å². The molecule has 1 aliphatic carbocycles. The van der Waals surface area contributed by atoms with Crippen molar-refractivity contribution in [1.82, 2.24) is 0 Å². The molecule has 3 unspecified atom stereocenters. The van der Waals surface area contributed by atoms with Crippen molar-refractivity contribution in [1.29, 1.82) is 0 Å². The van der Waals surface area contributed by atoms with Gasteiger partial charge in [0, 0.05) is 39.9 Å². The van der Waals surface area contributed by atoms with Gasteiger partial charge in [-0.1, -0.05) is 72.8 Å². The molecule has 1 spiro atoms. The first-order valence-electron chi connectivity index (χ1n) is 14.1. The summed E-state index contributed by atoms with van der Waals surface area (Å²) in [6.07, 6.45) is 3.86. The maximum absolute atomic E-state index is 14.9. The molecule has 1 fully saturated rings. The third kappa shape index (κ3) is 3.64. The zero-order valence-electron chi connectivity index (χ0n) is 23.9. The minimum Gasteiger partial charge on any atom is -0.497 e. The number of carbonyl (C=O) groups excluding carboxylic acids is 3. The van der Waals surface area contributed by atoms with Crippen LogP contribution in [0.4, 0.5) is 5.69 Å². The maximum Gasteiger partial charge on any atom is 0.186 e. The van der Waals surface area contributed by atoms with Crippen LogP contribution in [0.2, 0.25) is 0 Å². The van der Waals surface area contributed by atoms with Crippen LogP contribution in [0.1, 0.15) is 48.1 Å². The first kappa shape index (κ1) is 26.7. The Morgan fingerprint density at radius 3 is 2.12 bits per heavy atom. The third-order valence-electron chi connectivity index (χ3n) is 9.11. The van der Waals surface area contributed by atoms with Crippen LogP contribution in [-0.2, 0) is 0 Å². The number of methoxy groups -OCH3 is 3. The Hall–Kier alpha value is -5.17. The van der Waals surface area contributed by atoms with E-state index in [2.05, 4.69) is 0 Å². The van der Waals surface area contributed by atoms with Crippen LogP contribution >= 0.6 is 0 Å². The highest BCUT2D eigenvalue weighted by Crippen LogP contribution is 2.62. The van der Waals surface area contributed by atoms with Gasteiger partial charge in [0.25, 0.3) is 0 Å². The molecule has 0 bridgehead atoms. The standard InChI is InChI=1S/C36H29NO6/c1-41-23-11-8-10-22(19-23)33(38)32-31(27-17-16-24(42-2)20-29(27)43-3)36(34(39)25-12-5-6-13-26(25)35(36)40)30-18-15-21-9-4-7-14-28(21)37(30)32/h4-20,30-32H,1-3H3. The molecule has 1 saturated heterocycles. The number of benzene rings is 4. The number of ketones is 3. The fourth-order valence-electron chi connectivity index (χ4n) is 7.28. The smallest absolute Gasteiger partial charge is 0.186 e. The van der Waals surface area contributed by atoms with E-state index in [4.69, 9.17) is 14.2 Å². The number of para-hydroxylation sites is 1. The van der Waals surface area contributed by atoms with E-state index in [1.54, 1.807) is 74.9 Å². The number of nitrogens with zero attached hydrogens (tertiary/aromatic N) is 1. The summed E-state index contributed by atoms with van der Waals surface area (Å²) in [5.74, 6) is -0.204. The number of carbonyl (C=O) groups is 3. The van der Waals surface area contributed by atoms with Gasteiger partial charge in [0.15, 0.2) is 17.3 Å². The molecule has 7 rings (SSSR count). The van der Waals surface area contributed by atoms with Crippen molar-refractivity contribution in [3.05, 3.63) is 125 Å². The SMILES string of the molecule is COc1cccc(C(=O)C2C(c3ccc(OC)cc3OC)C3(C(=O)c4ccccc4C3=O)C3C=Cc4ccccc4N23)c1. The second kappa shape index (κ2) is 9.98. The van der Waals surface area contributed by atoms with Gasteiger partial charge in [-0.25, -0.2) is 0 Å². The van der Waals surface area contributed by atoms with E-state index >= 15 is 0 Å². The van der Waals surface area contributed by atoms with Crippen LogP contribution in [0.25, 0.3) is 6.08 Å². The Bertz CT molecular complexity index is 1810. The van der Waals surface area contributed by atoms with Gasteiger partial charge in [-0.15, -0.1) is 0 Å². The lowest BCUT2D eigenvalue weighted by Gasteiger charge is -2.37. The van der Waals surface area contributed by atoms with Crippen molar-refractivity contribution < 1.29 is 28.6 Å². The van der Waals surface area contributed by atoms with Gasteiger partial charge in [0.1, 0.15) is 28.7 Å². The molecule has 0 aromatic heterocycles. The maximum atomic E-state index is 14.9. The van der Waals surface area contributed by atoms with E-state index in [0.717, 1.165) is 11.3 Å². The Labute approximate surface area is 249 Å². The number of ether oxygens (including phenoxy) is 3. The van der Waals surface area contributed by atoms with E-state index < -0.39 is 23.4 Å². The van der Waals surface area contributed by atoms with Gasteiger partial charge in [-0.2, -0.15) is 0 Å². The van der Waals surface area contributed by atoms with E-state index in [-0.39, 0.29) is 17.3 Å². The normalized spacial score (nSPS) is 20.9. The molecule has 0 radical (unpaired) electrons. The van der Waals surface area contributed by atoms with Crippen molar-refractivity contribution in [3.8, 4) is 17.2 Å². The first-order chi connectivity index (χ1) is 20.9. The van der Waals surface area contributed by atoms with Crippen LogP contribution in [-0.4, -0.2) is 50.8 Å². The molecule has 2 heterocycles. The average Bonchev–Trinajstić information content (AvgIpc) is 3.49. The summed E-state index contributed by atoms with van der Waals surface area (Å²) in [6.45, 7) is 0. The van der Waals surface area contributed by atoms with Crippen LogP contribution in [0.15, 0.2) is 97.1 Å². The molecule has 4 aromatic carbocycles. The molecule has 0 N–H and O–H groups in total. The number of Topliss-reactive ketones (excluding diaryl/α,β-unsaturated/α-hetero) is 3. The molecule has 3 aliphatic rings. The number of hydrogen-bond acceptors (Lipinski definition) is 7. The molecule has 2 aliphatic heterocycles. The number of anilines is 1. The summed E-state index contributed by atoms with van der Waals surface area (Å²) in [5, 5.41) is 0. The van der Waals surface area contributed by atoms with Crippen molar-refractivity contribution in [2.45, 2.75) is 18.0 Å². The zero-order chi connectivity index (χ0) is 29.9. The molecule has 0 saturated carbocycles. The number of rotatable bonds is 6. The highest BCUT2D eigenvalue weighted by atomic mass is 16.5. The van der Waals surface area contributed by atoms with Gasteiger partial charge < -0.3 is 19.1 Å². The summed E-state index contributed by atoms with van der Waals surface area (Å²) in [6, 6.07) is 25.3. The molecule has 214 valence electrons. The van der Waals surface area contributed by atoms with Gasteiger partial charge in [0.05, 0.1) is 27.4 Å². The Balaban J connectivity index is 1.56. The second-order valence-electron chi connectivity index (χ2n) is 11.0. The molecule has 3 atom stereocenters.